The molecular weight excluding hydrogens is 143 g/mol. The van der Waals surface area contributed by atoms with E-state index in [0.717, 1.165) is 6.42 Å². The average molecular weight is 151 g/mol. The Morgan fingerprint density at radius 2 is 1.80 bits per heavy atom. The molecule has 1 N–H and O–H groups in total. The summed E-state index contributed by atoms with van der Waals surface area (Å²) < 4.78 is 0. The Hall–Kier alpha value is 0.843. The maximum absolute atomic E-state index is 7.88. The van der Waals surface area contributed by atoms with Crippen LogP contribution < -0.4 is 0 Å². The van der Waals surface area contributed by atoms with E-state index < -0.39 is 0 Å². The van der Waals surface area contributed by atoms with E-state index in [1.807, 2.05) is 6.92 Å². The first-order valence-electron chi connectivity index (χ1n) is 1.52. The molecule has 5 heavy (non-hydrogen) atoms. The Kier molecular flexibility index (Phi) is 16.4. The van der Waals surface area contributed by atoms with Crippen molar-refractivity contribution in [3.8, 4) is 0 Å². The SMILES string of the molecule is CCCO.[Zr]. The van der Waals surface area contributed by atoms with Crippen molar-refractivity contribution in [2.75, 3.05) is 6.61 Å². The number of hydrogen-bond acceptors (Lipinski definition) is 1. The molecule has 0 aromatic carbocycles. The topological polar surface area (TPSA) is 20.2 Å². The predicted molar refractivity (Wildman–Crippen MR) is 17.4 cm³/mol. The molecule has 30 valence electrons. The summed E-state index contributed by atoms with van der Waals surface area (Å²) in [6.45, 7) is 2.25. The van der Waals surface area contributed by atoms with Gasteiger partial charge in [-0.1, -0.05) is 6.92 Å². The maximum atomic E-state index is 7.88. The van der Waals surface area contributed by atoms with Crippen LogP contribution in [0, 0.1) is 0 Å². The predicted octanol–water partition coefficient (Wildman–Crippen LogP) is 0.386. The minimum atomic E-state index is 0. The summed E-state index contributed by atoms with van der Waals surface area (Å²) >= 11 is 0. The summed E-state index contributed by atoms with van der Waals surface area (Å²) in [5.41, 5.74) is 0. The monoisotopic (exact) mass is 150 g/mol. The third-order valence-electron chi connectivity index (χ3n) is 0.224. The van der Waals surface area contributed by atoms with Gasteiger partial charge in [0.25, 0.3) is 0 Å². The zero-order valence-corrected chi connectivity index (χ0v) is 5.82. The minimum absolute atomic E-state index is 0. The third kappa shape index (κ3) is 11.5. The van der Waals surface area contributed by atoms with Crippen molar-refractivity contribution >= 4 is 0 Å². The van der Waals surface area contributed by atoms with Crippen molar-refractivity contribution in [2.45, 2.75) is 13.3 Å². The fourth-order valence-electron chi connectivity index (χ4n) is 0. The van der Waals surface area contributed by atoms with Gasteiger partial charge in [-0.15, -0.1) is 0 Å². The van der Waals surface area contributed by atoms with E-state index in [0.29, 0.717) is 6.61 Å². The van der Waals surface area contributed by atoms with E-state index in [1.165, 1.54) is 0 Å². The van der Waals surface area contributed by atoms with Crippen LogP contribution in [0.15, 0.2) is 0 Å². The minimum Gasteiger partial charge on any atom is -0.396 e. The molecule has 0 aromatic heterocycles. The molecule has 0 amide bonds. The number of rotatable bonds is 1. The zero-order valence-electron chi connectivity index (χ0n) is 3.36. The number of aliphatic hydroxyl groups excluding tert-OH is 1. The molecule has 0 heterocycles. The fraction of sp³-hybridized carbons (Fsp3) is 1.00. The first kappa shape index (κ1) is 9.28. The molecule has 0 bridgehead atoms. The Balaban J connectivity index is 0. The van der Waals surface area contributed by atoms with Gasteiger partial charge in [0.05, 0.1) is 0 Å². The van der Waals surface area contributed by atoms with Gasteiger partial charge in [0.15, 0.2) is 0 Å². The second-order valence-electron chi connectivity index (χ2n) is 0.724. The van der Waals surface area contributed by atoms with Gasteiger partial charge in [0.1, 0.15) is 0 Å². The summed E-state index contributed by atoms with van der Waals surface area (Å²) in [6, 6.07) is 0. The first-order valence-corrected chi connectivity index (χ1v) is 1.52. The standard InChI is InChI=1S/C3H8O.Zr/c1-2-3-4;/h4H,2-3H2,1H3;. The van der Waals surface area contributed by atoms with Crippen LogP contribution >= 0.6 is 0 Å². The van der Waals surface area contributed by atoms with Crippen molar-refractivity contribution in [2.24, 2.45) is 0 Å². The molecular formula is C3H8OZr. The van der Waals surface area contributed by atoms with Crippen LogP contribution in [-0.2, 0) is 26.2 Å². The van der Waals surface area contributed by atoms with E-state index in [9.17, 15) is 0 Å². The quantitative estimate of drug-likeness (QED) is 0.575. The zero-order chi connectivity index (χ0) is 3.41. The normalized spacial score (nSPS) is 6.00. The Morgan fingerprint density at radius 1 is 1.60 bits per heavy atom. The summed E-state index contributed by atoms with van der Waals surface area (Å²) in [5.74, 6) is 0. The van der Waals surface area contributed by atoms with Crippen LogP contribution in [0.25, 0.3) is 0 Å². The molecule has 2 heteroatoms. The maximum Gasteiger partial charge on any atom is 0.0428 e. The van der Waals surface area contributed by atoms with Crippen LogP contribution in [0.3, 0.4) is 0 Å². The van der Waals surface area contributed by atoms with Gasteiger partial charge < -0.3 is 5.11 Å². The fourth-order valence-corrected chi connectivity index (χ4v) is 0. The largest absolute Gasteiger partial charge is 0.396 e. The molecule has 0 saturated carbocycles. The summed E-state index contributed by atoms with van der Waals surface area (Å²) in [5, 5.41) is 7.88. The van der Waals surface area contributed by atoms with Crippen molar-refractivity contribution in [1.29, 1.82) is 0 Å². The summed E-state index contributed by atoms with van der Waals surface area (Å²) in [7, 11) is 0. The average Bonchev–Trinajstić information content (AvgIpc) is 1.37. The van der Waals surface area contributed by atoms with Gasteiger partial charge in [-0.05, 0) is 6.42 Å². The number of hydrogen-bond donors (Lipinski definition) is 1. The van der Waals surface area contributed by atoms with Crippen LogP contribution in [0.4, 0.5) is 0 Å². The first-order chi connectivity index (χ1) is 1.91. The molecule has 0 unspecified atom stereocenters. The van der Waals surface area contributed by atoms with E-state index in [4.69, 9.17) is 5.11 Å². The Labute approximate surface area is 51.5 Å². The Bertz CT molecular complexity index is 8.85. The second-order valence-corrected chi connectivity index (χ2v) is 0.724. The van der Waals surface area contributed by atoms with Gasteiger partial charge in [-0.3, -0.25) is 0 Å². The van der Waals surface area contributed by atoms with Crippen LogP contribution in [0.1, 0.15) is 13.3 Å². The molecule has 1 nitrogen and oxygen atoms in total. The van der Waals surface area contributed by atoms with Crippen molar-refractivity contribution in [3.05, 3.63) is 0 Å². The molecule has 0 rings (SSSR count). The van der Waals surface area contributed by atoms with Gasteiger partial charge in [-0.2, -0.15) is 0 Å². The van der Waals surface area contributed by atoms with Crippen LogP contribution in [0.5, 0.6) is 0 Å². The third-order valence-corrected chi connectivity index (χ3v) is 0.224. The van der Waals surface area contributed by atoms with Gasteiger partial charge in [0, 0.05) is 32.8 Å². The van der Waals surface area contributed by atoms with Gasteiger partial charge >= 0.3 is 0 Å². The van der Waals surface area contributed by atoms with E-state index in [1.54, 1.807) is 0 Å². The molecule has 0 atom stereocenters. The summed E-state index contributed by atoms with van der Waals surface area (Å²) in [6.07, 6.45) is 0.875. The molecule has 0 aliphatic rings. The molecule has 0 aliphatic heterocycles. The van der Waals surface area contributed by atoms with Gasteiger partial charge in [-0.25, -0.2) is 0 Å². The van der Waals surface area contributed by atoms with Crippen LogP contribution in [-0.4, -0.2) is 11.7 Å². The summed E-state index contributed by atoms with van der Waals surface area (Å²) in [4.78, 5) is 0. The second kappa shape index (κ2) is 8.85. The molecule has 0 saturated heterocycles. The van der Waals surface area contributed by atoms with E-state index in [-0.39, 0.29) is 26.2 Å². The molecule has 0 radical (unpaired) electrons. The molecule has 0 aliphatic carbocycles. The molecule has 0 aromatic rings. The van der Waals surface area contributed by atoms with Crippen LogP contribution in [0.2, 0.25) is 0 Å². The smallest absolute Gasteiger partial charge is 0.0428 e. The van der Waals surface area contributed by atoms with Gasteiger partial charge in [0.2, 0.25) is 0 Å². The van der Waals surface area contributed by atoms with Crippen molar-refractivity contribution in [3.63, 3.8) is 0 Å². The van der Waals surface area contributed by atoms with E-state index in [2.05, 4.69) is 0 Å². The molecule has 0 spiro atoms. The van der Waals surface area contributed by atoms with E-state index >= 15 is 0 Å². The number of aliphatic hydroxyl groups is 1. The Morgan fingerprint density at radius 3 is 1.80 bits per heavy atom. The van der Waals surface area contributed by atoms with Crippen molar-refractivity contribution in [1.82, 2.24) is 0 Å². The van der Waals surface area contributed by atoms with Crippen molar-refractivity contribution < 1.29 is 31.3 Å². The molecule has 0 fully saturated rings.